The molecule has 0 amide bonds. The van der Waals surface area contributed by atoms with E-state index >= 15 is 0 Å². The van der Waals surface area contributed by atoms with Gasteiger partial charge in [0.25, 0.3) is 0 Å². The van der Waals surface area contributed by atoms with E-state index in [-0.39, 0.29) is 29.6 Å². The van der Waals surface area contributed by atoms with Crippen molar-refractivity contribution in [1.82, 2.24) is 0 Å². The maximum atomic E-state index is 8.83. The first-order valence-corrected chi connectivity index (χ1v) is 4.99. The zero-order chi connectivity index (χ0) is 11.2. The molecule has 0 aromatic heterocycles. The minimum atomic E-state index is -4.67. The molecular weight excluding hydrogens is 231 g/mol. The Bertz CT molecular complexity index is 351. The fourth-order valence-electron chi connectivity index (χ4n) is 0.663. The quantitative estimate of drug-likeness (QED) is 0.304. The molecule has 1 aromatic rings. The Morgan fingerprint density at radius 2 is 1.47 bits per heavy atom. The normalized spacial score (nSPS) is 9.53. The van der Waals surface area contributed by atoms with Crippen molar-refractivity contribution in [3.63, 3.8) is 0 Å². The Kier molecular flexibility index (Phi) is 9.33. The molecule has 0 fully saturated rings. The summed E-state index contributed by atoms with van der Waals surface area (Å²) in [5.74, 6) is 0.312. The van der Waals surface area contributed by atoms with Gasteiger partial charge in [-0.2, -0.15) is 14.8 Å². The molecule has 0 aliphatic carbocycles. The van der Waals surface area contributed by atoms with Crippen molar-refractivity contribution in [1.29, 1.82) is 0 Å². The third kappa shape index (κ3) is 13.9. The fourth-order valence-corrected chi connectivity index (χ4v) is 0.663. The summed E-state index contributed by atoms with van der Waals surface area (Å²) >= 11 is 0. The number of benzene rings is 1. The van der Waals surface area contributed by atoms with Gasteiger partial charge in [0.1, 0.15) is 5.75 Å². The molecule has 5 nitrogen and oxygen atoms in total. The van der Waals surface area contributed by atoms with Gasteiger partial charge in [-0.1, -0.05) is 17.7 Å². The van der Waals surface area contributed by atoms with Crippen LogP contribution in [0.3, 0.4) is 0 Å². The molecule has 80 valence electrons. The fraction of sp³-hybridized carbons (Fsp3) is 0.125. The van der Waals surface area contributed by atoms with Gasteiger partial charge in [-0.05, 0) is 12.1 Å². The maximum Gasteiger partial charge on any atom is 1.00 e. The molecule has 0 unspecified atom stereocenters. The zero-order valence-corrected chi connectivity index (χ0v) is 11.1. The van der Waals surface area contributed by atoms with Crippen LogP contribution >= 0.6 is 0 Å². The van der Waals surface area contributed by atoms with Gasteiger partial charge in [0.2, 0.25) is 0 Å². The van der Waals surface area contributed by atoms with E-state index in [1.807, 2.05) is 12.1 Å². The van der Waals surface area contributed by atoms with Crippen LogP contribution in [0.1, 0.15) is 5.56 Å². The van der Waals surface area contributed by atoms with Crippen LogP contribution < -0.4 is 29.6 Å². The molecule has 0 heterocycles. The van der Waals surface area contributed by atoms with Crippen LogP contribution in [-0.4, -0.2) is 22.6 Å². The number of aromatic hydroxyl groups is 1. The molecule has 0 aliphatic rings. The molecule has 0 radical (unpaired) electrons. The Morgan fingerprint density at radius 3 is 1.73 bits per heavy atom. The third-order valence-electron chi connectivity index (χ3n) is 1.23. The van der Waals surface area contributed by atoms with Crippen molar-refractivity contribution in [2.45, 2.75) is 6.42 Å². The van der Waals surface area contributed by atoms with Crippen molar-refractivity contribution in [3.8, 4) is 5.75 Å². The number of phenols is 1. The first-order valence-electron chi connectivity index (χ1n) is 3.60. The maximum absolute atomic E-state index is 8.83. The van der Waals surface area contributed by atoms with Crippen molar-refractivity contribution in [2.24, 2.45) is 0 Å². The van der Waals surface area contributed by atoms with Crippen LogP contribution in [-0.2, 0) is 16.8 Å². The minimum Gasteiger partial charge on any atom is -0.508 e. The monoisotopic (exact) mass is 242 g/mol. The van der Waals surface area contributed by atoms with Crippen molar-refractivity contribution < 1.29 is 52.2 Å². The average molecular weight is 242 g/mol. The zero-order valence-electron chi connectivity index (χ0n) is 8.29. The van der Waals surface area contributed by atoms with Crippen LogP contribution in [0.2, 0.25) is 0 Å². The smallest absolute Gasteiger partial charge is 0.508 e. The molecule has 0 saturated heterocycles. The molecule has 15 heavy (non-hydrogen) atoms. The van der Waals surface area contributed by atoms with E-state index in [4.69, 9.17) is 22.6 Å². The van der Waals surface area contributed by atoms with Crippen LogP contribution in [0, 0.1) is 6.92 Å². The average Bonchev–Trinajstić information content (AvgIpc) is 2.03. The largest absolute Gasteiger partial charge is 1.00 e. The molecule has 0 spiro atoms. The standard InChI is InChI=1S/C8H9O.Na.H2O4S/c1-2-7-3-5-8(9)6-4-7;;1-5(2,3)4/h3-6,9H,1-2H2;;(H2,1,2,3,4)/q-1;+1;. The van der Waals surface area contributed by atoms with Gasteiger partial charge in [0, 0.05) is 0 Å². The van der Waals surface area contributed by atoms with E-state index in [1.54, 1.807) is 12.1 Å². The molecule has 0 aliphatic heterocycles. The van der Waals surface area contributed by atoms with Crippen LogP contribution in [0.4, 0.5) is 0 Å². The molecule has 0 bridgehead atoms. The Morgan fingerprint density at radius 1 is 1.13 bits per heavy atom. The van der Waals surface area contributed by atoms with Gasteiger partial charge in [0.05, 0.1) is 0 Å². The van der Waals surface area contributed by atoms with Gasteiger partial charge < -0.3 is 12.0 Å². The summed E-state index contributed by atoms with van der Waals surface area (Å²) in [6.45, 7) is 3.70. The number of phenolic OH excluding ortho intramolecular Hbond substituents is 1. The van der Waals surface area contributed by atoms with Crippen molar-refractivity contribution in [3.05, 3.63) is 36.8 Å². The number of hydrogen-bond acceptors (Lipinski definition) is 3. The van der Waals surface area contributed by atoms with Gasteiger partial charge >= 0.3 is 40.0 Å². The number of rotatable bonds is 1. The second-order valence-electron chi connectivity index (χ2n) is 2.36. The van der Waals surface area contributed by atoms with Gasteiger partial charge in [-0.25, -0.2) is 0 Å². The summed E-state index contributed by atoms with van der Waals surface area (Å²) < 4.78 is 31.6. The molecule has 0 saturated carbocycles. The molecule has 1 aromatic carbocycles. The topological polar surface area (TPSA) is 94.8 Å². The van der Waals surface area contributed by atoms with Gasteiger partial charge in [-0.3, -0.25) is 9.11 Å². The molecular formula is C8H11NaO5S. The Balaban J connectivity index is 0. The Hall–Kier alpha value is -0.110. The van der Waals surface area contributed by atoms with E-state index in [0.717, 1.165) is 12.0 Å². The van der Waals surface area contributed by atoms with Crippen LogP contribution in [0.5, 0.6) is 5.75 Å². The van der Waals surface area contributed by atoms with Crippen molar-refractivity contribution in [2.75, 3.05) is 0 Å². The van der Waals surface area contributed by atoms with E-state index in [1.165, 1.54) is 0 Å². The summed E-state index contributed by atoms with van der Waals surface area (Å²) in [5, 5.41) is 8.83. The first kappa shape index (κ1) is 17.3. The minimum absolute atomic E-state index is 0. The van der Waals surface area contributed by atoms with E-state index in [9.17, 15) is 0 Å². The molecule has 0 atom stereocenters. The Labute approximate surface area is 111 Å². The summed E-state index contributed by atoms with van der Waals surface area (Å²) in [4.78, 5) is 0. The van der Waals surface area contributed by atoms with Crippen molar-refractivity contribution >= 4 is 10.4 Å². The predicted octanol–water partition coefficient (Wildman–Crippen LogP) is -1.88. The molecule has 7 heteroatoms. The SMILES string of the molecule is O=S(=O)(O)O.[CH2-]Cc1ccc(O)cc1.[Na+]. The third-order valence-corrected chi connectivity index (χ3v) is 1.23. The van der Waals surface area contributed by atoms with Gasteiger partial charge in [0.15, 0.2) is 0 Å². The number of hydrogen-bond donors (Lipinski definition) is 3. The summed E-state index contributed by atoms with van der Waals surface area (Å²) in [6.07, 6.45) is 0.778. The second kappa shape index (κ2) is 8.09. The first-order chi connectivity index (χ1) is 6.33. The van der Waals surface area contributed by atoms with E-state index < -0.39 is 10.4 Å². The molecule has 1 rings (SSSR count). The van der Waals surface area contributed by atoms with Crippen LogP contribution in [0.15, 0.2) is 24.3 Å². The van der Waals surface area contributed by atoms with E-state index in [2.05, 4.69) is 6.92 Å². The second-order valence-corrected chi connectivity index (χ2v) is 3.26. The van der Waals surface area contributed by atoms with E-state index in [0.29, 0.717) is 5.75 Å². The van der Waals surface area contributed by atoms with Crippen LogP contribution in [0.25, 0.3) is 0 Å². The molecule has 3 N–H and O–H groups in total. The summed E-state index contributed by atoms with van der Waals surface area (Å²) in [5.41, 5.74) is 1.15. The summed E-state index contributed by atoms with van der Waals surface area (Å²) in [7, 11) is -4.67. The van der Waals surface area contributed by atoms with Gasteiger partial charge in [-0.15, -0.1) is 0 Å². The predicted molar refractivity (Wildman–Crippen MR) is 51.3 cm³/mol. The summed E-state index contributed by atoms with van der Waals surface area (Å²) in [6, 6.07) is 7.06.